The van der Waals surface area contributed by atoms with Gasteiger partial charge in [0.1, 0.15) is 5.69 Å². The number of nitrogens with zero attached hydrogens (tertiary/aromatic N) is 5. The Morgan fingerprint density at radius 2 is 2.25 bits per heavy atom. The number of hydrogen-bond donors (Lipinski definition) is 1. The Morgan fingerprint density at radius 1 is 1.35 bits per heavy atom. The van der Waals surface area contributed by atoms with Gasteiger partial charge in [-0.15, -0.1) is 21.5 Å². The average Bonchev–Trinajstić information content (AvgIpc) is 3.15. The molecule has 0 amide bonds. The van der Waals surface area contributed by atoms with E-state index < -0.39 is 0 Å². The van der Waals surface area contributed by atoms with E-state index in [1.54, 1.807) is 15.9 Å². The summed E-state index contributed by atoms with van der Waals surface area (Å²) in [5.41, 5.74) is 1.78. The Morgan fingerprint density at radius 3 is 2.95 bits per heavy atom. The van der Waals surface area contributed by atoms with E-state index in [1.807, 2.05) is 24.4 Å². The molecule has 0 spiro atoms. The first-order chi connectivity index (χ1) is 9.74. The third kappa shape index (κ3) is 1.74. The minimum absolute atomic E-state index is 0.760. The minimum atomic E-state index is 0.760. The molecule has 0 saturated carbocycles. The molecule has 0 atom stereocenters. The number of rotatable bonds is 2. The molecule has 0 saturated heterocycles. The van der Waals surface area contributed by atoms with Gasteiger partial charge in [-0.2, -0.15) is 14.7 Å². The van der Waals surface area contributed by atoms with Crippen molar-refractivity contribution in [2.24, 2.45) is 0 Å². The predicted octanol–water partition coefficient (Wildman–Crippen LogP) is 3.38. The van der Waals surface area contributed by atoms with Crippen molar-refractivity contribution >= 4 is 43.6 Å². The van der Waals surface area contributed by atoms with Gasteiger partial charge in [0, 0.05) is 5.69 Å². The van der Waals surface area contributed by atoms with Gasteiger partial charge in [-0.3, -0.25) is 5.10 Å². The van der Waals surface area contributed by atoms with Crippen molar-refractivity contribution in [2.75, 3.05) is 0 Å². The molecule has 20 heavy (non-hydrogen) atoms. The van der Waals surface area contributed by atoms with Gasteiger partial charge in [-0.1, -0.05) is 17.4 Å². The van der Waals surface area contributed by atoms with Crippen LogP contribution in [0, 0.1) is 6.92 Å². The van der Waals surface area contributed by atoms with Crippen molar-refractivity contribution in [3.05, 3.63) is 27.7 Å². The molecular weight excluding hydrogens is 360 g/mol. The highest BCUT2D eigenvalue weighted by Gasteiger charge is 2.18. The number of hydrogen-bond acceptors (Lipinski definition) is 6. The van der Waals surface area contributed by atoms with Crippen LogP contribution in [-0.2, 0) is 0 Å². The number of aromatic amines is 1. The number of thiophene rings is 1. The fourth-order valence-corrected chi connectivity index (χ4v) is 3.85. The highest BCUT2D eigenvalue weighted by Crippen LogP contribution is 2.33. The molecule has 0 aliphatic heterocycles. The smallest absolute Gasteiger partial charge is 0.235 e. The van der Waals surface area contributed by atoms with Crippen molar-refractivity contribution in [1.82, 2.24) is 30.0 Å². The molecular formula is C11H7BrN6S2. The van der Waals surface area contributed by atoms with Crippen LogP contribution in [0.5, 0.6) is 0 Å². The van der Waals surface area contributed by atoms with Gasteiger partial charge < -0.3 is 0 Å². The number of aromatic nitrogens is 6. The Labute approximate surface area is 129 Å². The van der Waals surface area contributed by atoms with Crippen LogP contribution in [0.2, 0.25) is 0 Å². The van der Waals surface area contributed by atoms with E-state index in [9.17, 15) is 0 Å². The van der Waals surface area contributed by atoms with Gasteiger partial charge in [0.05, 0.1) is 9.35 Å². The van der Waals surface area contributed by atoms with Crippen molar-refractivity contribution in [3.8, 4) is 21.4 Å². The van der Waals surface area contributed by atoms with Crippen LogP contribution < -0.4 is 0 Å². The summed E-state index contributed by atoms with van der Waals surface area (Å²) in [4.78, 5) is 1.81. The van der Waals surface area contributed by atoms with Gasteiger partial charge in [-0.25, -0.2) is 0 Å². The molecule has 0 aromatic carbocycles. The quantitative estimate of drug-likeness (QED) is 0.590. The van der Waals surface area contributed by atoms with Crippen LogP contribution in [0.4, 0.5) is 0 Å². The summed E-state index contributed by atoms with van der Waals surface area (Å²) in [5, 5.41) is 23.0. The summed E-state index contributed by atoms with van der Waals surface area (Å²) in [6.45, 7) is 1.96. The minimum Gasteiger partial charge on any atom is -0.281 e. The zero-order valence-electron chi connectivity index (χ0n) is 10.2. The van der Waals surface area contributed by atoms with E-state index in [4.69, 9.17) is 0 Å². The molecule has 9 heteroatoms. The van der Waals surface area contributed by atoms with Crippen LogP contribution in [0.3, 0.4) is 0 Å². The van der Waals surface area contributed by atoms with Crippen molar-refractivity contribution in [1.29, 1.82) is 0 Å². The highest BCUT2D eigenvalue weighted by atomic mass is 79.9. The van der Waals surface area contributed by atoms with E-state index in [0.29, 0.717) is 0 Å². The molecule has 6 nitrogen and oxygen atoms in total. The molecule has 0 unspecified atom stereocenters. The zero-order valence-corrected chi connectivity index (χ0v) is 13.4. The van der Waals surface area contributed by atoms with Crippen LogP contribution in [0.15, 0.2) is 22.0 Å². The summed E-state index contributed by atoms with van der Waals surface area (Å²) in [6, 6.07) is 4.00. The van der Waals surface area contributed by atoms with Gasteiger partial charge in [0.15, 0.2) is 10.8 Å². The fourth-order valence-electron chi connectivity index (χ4n) is 1.83. The first-order valence-electron chi connectivity index (χ1n) is 5.71. The summed E-state index contributed by atoms with van der Waals surface area (Å²) < 4.78 is 2.70. The Hall–Kier alpha value is -1.58. The maximum Gasteiger partial charge on any atom is 0.235 e. The van der Waals surface area contributed by atoms with Crippen LogP contribution in [-0.4, -0.2) is 30.0 Å². The molecule has 0 fully saturated rings. The molecule has 0 radical (unpaired) electrons. The summed E-state index contributed by atoms with van der Waals surface area (Å²) in [5.74, 6) is 0.765. The second kappa shape index (κ2) is 4.47. The molecule has 0 bridgehead atoms. The summed E-state index contributed by atoms with van der Waals surface area (Å²) in [7, 11) is 0. The normalized spacial score (nSPS) is 11.5. The van der Waals surface area contributed by atoms with Gasteiger partial charge in [-0.05, 0) is 34.3 Å². The lowest BCUT2D eigenvalue weighted by Gasteiger charge is -1.91. The predicted molar refractivity (Wildman–Crippen MR) is 82.0 cm³/mol. The molecule has 4 aromatic heterocycles. The molecule has 4 heterocycles. The Balaban J connectivity index is 1.90. The topological polar surface area (TPSA) is 71.8 Å². The number of aryl methyl sites for hydroxylation is 1. The van der Waals surface area contributed by atoms with Crippen molar-refractivity contribution in [3.63, 3.8) is 0 Å². The van der Waals surface area contributed by atoms with Crippen molar-refractivity contribution < 1.29 is 0 Å². The molecule has 4 aromatic rings. The summed E-state index contributed by atoms with van der Waals surface area (Å²) in [6.07, 6.45) is 0. The lowest BCUT2D eigenvalue weighted by molar-refractivity contribution is 0.965. The van der Waals surface area contributed by atoms with Crippen molar-refractivity contribution in [2.45, 2.75) is 6.92 Å². The maximum absolute atomic E-state index is 4.58. The van der Waals surface area contributed by atoms with Gasteiger partial charge in [0.2, 0.25) is 4.96 Å². The number of nitrogens with one attached hydrogen (secondary N) is 1. The molecule has 0 aliphatic rings. The lowest BCUT2D eigenvalue weighted by atomic mass is 10.4. The Kier molecular flexibility index (Phi) is 2.72. The molecule has 100 valence electrons. The zero-order chi connectivity index (χ0) is 13.7. The maximum atomic E-state index is 4.58. The second-order valence-corrected chi connectivity index (χ2v) is 6.81. The summed E-state index contributed by atoms with van der Waals surface area (Å²) >= 11 is 6.60. The highest BCUT2D eigenvalue weighted by molar-refractivity contribution is 9.10. The Bertz CT molecular complexity index is 888. The van der Waals surface area contributed by atoms with Crippen LogP contribution in [0.25, 0.3) is 26.4 Å². The molecule has 4 rings (SSSR count). The van der Waals surface area contributed by atoms with Crippen LogP contribution in [0.1, 0.15) is 5.69 Å². The number of fused-ring (bicyclic) bond motifs is 1. The number of H-pyrrole nitrogens is 1. The lowest BCUT2D eigenvalue weighted by Crippen LogP contribution is -1.89. The molecule has 1 N–H and O–H groups in total. The van der Waals surface area contributed by atoms with E-state index in [-0.39, 0.29) is 0 Å². The average molecular weight is 367 g/mol. The van der Waals surface area contributed by atoms with E-state index >= 15 is 0 Å². The fraction of sp³-hybridized carbons (Fsp3) is 0.0909. The largest absolute Gasteiger partial charge is 0.281 e. The first kappa shape index (κ1) is 12.2. The van der Waals surface area contributed by atoms with E-state index in [1.165, 1.54) is 11.3 Å². The van der Waals surface area contributed by atoms with E-state index in [2.05, 4.69) is 41.4 Å². The monoisotopic (exact) mass is 366 g/mol. The number of halogens is 1. The van der Waals surface area contributed by atoms with Gasteiger partial charge in [0.25, 0.3) is 0 Å². The third-order valence-electron chi connectivity index (χ3n) is 2.81. The first-order valence-corrected chi connectivity index (χ1v) is 8.20. The van der Waals surface area contributed by atoms with Gasteiger partial charge >= 0.3 is 0 Å². The second-order valence-electron chi connectivity index (χ2n) is 4.11. The van der Waals surface area contributed by atoms with Crippen LogP contribution >= 0.6 is 38.6 Å². The standard InChI is InChI=1S/C11H7BrN6S2/c1-5-7(12)8(14-13-5)10-17-18-9(6-3-2-4-19-6)15-16-11(18)20-10/h2-4H,1H3,(H,13,14). The SMILES string of the molecule is Cc1[nH]nc(-c2nn3c(-c4cccs4)nnc3s2)c1Br. The molecule has 0 aliphatic carbocycles. The third-order valence-corrected chi connectivity index (χ3v) is 5.55. The van der Waals surface area contributed by atoms with E-state index in [0.717, 1.165) is 36.5 Å².